The van der Waals surface area contributed by atoms with Gasteiger partial charge in [0.25, 0.3) is 0 Å². The van der Waals surface area contributed by atoms with E-state index in [1.54, 1.807) is 43.0 Å². The van der Waals surface area contributed by atoms with Gasteiger partial charge in [0.2, 0.25) is 17.7 Å². The third-order valence-corrected chi connectivity index (χ3v) is 9.39. The number of nitrogens with zero attached hydrogens (tertiary/aromatic N) is 1. The number of likely N-dealkylation sites (tertiary alicyclic amines) is 1. The molecule has 3 aliphatic heterocycles. The molecule has 0 radical (unpaired) electrons. The summed E-state index contributed by atoms with van der Waals surface area (Å²) in [6, 6.07) is 14.6. The highest BCUT2D eigenvalue weighted by Crippen LogP contribution is 2.66. The van der Waals surface area contributed by atoms with Crippen molar-refractivity contribution in [1.29, 1.82) is 0 Å². The van der Waals surface area contributed by atoms with Crippen molar-refractivity contribution in [2.75, 3.05) is 17.2 Å². The number of rotatable bonds is 6. The van der Waals surface area contributed by atoms with Crippen LogP contribution in [0.3, 0.4) is 0 Å². The Balaban J connectivity index is 1.47. The molecule has 3 N–H and O–H groups in total. The highest BCUT2D eigenvalue weighted by atomic mass is 35.5. The Kier molecular flexibility index (Phi) is 6.08. The molecule has 5 rings (SSSR count). The molecule has 0 aromatic heterocycles. The number of amides is 3. The van der Waals surface area contributed by atoms with E-state index in [4.69, 9.17) is 11.6 Å². The number of thioether (sulfide) groups is 1. The van der Waals surface area contributed by atoms with Crippen LogP contribution >= 0.6 is 23.4 Å². The summed E-state index contributed by atoms with van der Waals surface area (Å²) in [6.07, 6.45) is 1.43. The molecule has 2 bridgehead atoms. The summed E-state index contributed by atoms with van der Waals surface area (Å²) in [4.78, 5) is 42.3. The summed E-state index contributed by atoms with van der Waals surface area (Å²) < 4.78 is -0.708. The van der Waals surface area contributed by atoms with Gasteiger partial charge in [-0.25, -0.2) is 0 Å². The number of hydrogen-bond acceptors (Lipinski definition) is 5. The van der Waals surface area contributed by atoms with E-state index < -0.39 is 28.7 Å². The minimum absolute atomic E-state index is 0.0323. The third-order valence-electron chi connectivity index (χ3n) is 7.18. The first-order valence-corrected chi connectivity index (χ1v) is 12.6. The van der Waals surface area contributed by atoms with Crippen molar-refractivity contribution < 1.29 is 19.5 Å². The standard InChI is InChI=1S/C25H26ClN3O4S/c1-14(13-30)29-21(23(32)28-17-9-7-15(26)8-10-17)25-12-11-18(34-25)19(20(25)24(29)33)22(31)27-16-5-3-2-4-6-16/h2-10,14,18-21,30H,11-13H2,1H3,(H,27,31)(H,28,32)/t14-,18-,19+,20+,21?,25?/m1/s1. The fourth-order valence-corrected chi connectivity index (χ4v) is 8.08. The van der Waals surface area contributed by atoms with Crippen LogP contribution in [0, 0.1) is 11.8 Å². The zero-order chi connectivity index (χ0) is 24.0. The Morgan fingerprint density at radius 3 is 2.44 bits per heavy atom. The van der Waals surface area contributed by atoms with Crippen LogP contribution in [0.15, 0.2) is 54.6 Å². The van der Waals surface area contributed by atoms with Crippen molar-refractivity contribution in [2.45, 2.75) is 41.8 Å². The van der Waals surface area contributed by atoms with Gasteiger partial charge in [-0.05, 0) is 56.2 Å². The smallest absolute Gasteiger partial charge is 0.248 e. The number of nitrogens with one attached hydrogen (secondary N) is 2. The van der Waals surface area contributed by atoms with Gasteiger partial charge in [0.05, 0.1) is 29.2 Å². The Morgan fingerprint density at radius 1 is 1.12 bits per heavy atom. The molecular formula is C25H26ClN3O4S. The maximum atomic E-state index is 13.8. The van der Waals surface area contributed by atoms with Crippen LogP contribution in [0.2, 0.25) is 5.02 Å². The Bertz CT molecular complexity index is 1110. The van der Waals surface area contributed by atoms with Gasteiger partial charge >= 0.3 is 0 Å². The normalized spacial score (nSPS) is 30.2. The number of anilines is 2. The largest absolute Gasteiger partial charge is 0.394 e. The van der Waals surface area contributed by atoms with E-state index in [-0.39, 0.29) is 29.6 Å². The molecule has 6 atom stereocenters. The number of halogens is 1. The lowest BCUT2D eigenvalue weighted by atomic mass is 9.70. The second-order valence-corrected chi connectivity index (χ2v) is 11.2. The van der Waals surface area contributed by atoms with Crippen molar-refractivity contribution in [3.63, 3.8) is 0 Å². The van der Waals surface area contributed by atoms with Gasteiger partial charge in [-0.2, -0.15) is 0 Å². The van der Waals surface area contributed by atoms with Crippen LogP contribution in [0.5, 0.6) is 0 Å². The van der Waals surface area contributed by atoms with Crippen LogP contribution in [0.25, 0.3) is 0 Å². The maximum absolute atomic E-state index is 13.8. The number of fused-ring (bicyclic) bond motifs is 1. The predicted octanol–water partition coefficient (Wildman–Crippen LogP) is 3.39. The molecule has 178 valence electrons. The monoisotopic (exact) mass is 499 g/mol. The van der Waals surface area contributed by atoms with E-state index >= 15 is 0 Å². The molecule has 3 fully saturated rings. The molecule has 0 saturated carbocycles. The Morgan fingerprint density at radius 2 is 1.76 bits per heavy atom. The number of aliphatic hydroxyl groups is 1. The van der Waals surface area contributed by atoms with Crippen molar-refractivity contribution in [2.24, 2.45) is 11.8 Å². The quantitative estimate of drug-likeness (QED) is 0.566. The zero-order valence-electron chi connectivity index (χ0n) is 18.6. The van der Waals surface area contributed by atoms with E-state index in [9.17, 15) is 19.5 Å². The number of carbonyl (C=O) groups is 3. The molecule has 0 aliphatic carbocycles. The third kappa shape index (κ3) is 3.68. The van der Waals surface area contributed by atoms with Gasteiger partial charge in [0, 0.05) is 21.6 Å². The number of aliphatic hydroxyl groups excluding tert-OH is 1. The molecule has 1 spiro atoms. The lowest BCUT2D eigenvalue weighted by Gasteiger charge is -2.36. The second-order valence-electron chi connectivity index (χ2n) is 9.18. The van der Waals surface area contributed by atoms with Gasteiger partial charge < -0.3 is 20.6 Å². The number of carbonyl (C=O) groups excluding carboxylic acids is 3. The summed E-state index contributed by atoms with van der Waals surface area (Å²) in [6.45, 7) is 1.46. The van der Waals surface area contributed by atoms with Crippen LogP contribution in [0.4, 0.5) is 11.4 Å². The fraction of sp³-hybridized carbons (Fsp3) is 0.400. The molecular weight excluding hydrogens is 474 g/mol. The maximum Gasteiger partial charge on any atom is 0.248 e. The number of benzene rings is 2. The Hall–Kier alpha value is -2.55. The molecule has 34 heavy (non-hydrogen) atoms. The average Bonchev–Trinajstić information content (AvgIpc) is 3.48. The number of hydrogen-bond donors (Lipinski definition) is 3. The van der Waals surface area contributed by atoms with E-state index in [1.165, 1.54) is 4.90 Å². The topological polar surface area (TPSA) is 98.7 Å². The molecule has 7 nitrogen and oxygen atoms in total. The van der Waals surface area contributed by atoms with Crippen molar-refractivity contribution in [1.82, 2.24) is 4.90 Å². The summed E-state index contributed by atoms with van der Waals surface area (Å²) in [5.41, 5.74) is 1.26. The van der Waals surface area contributed by atoms with Crippen LogP contribution in [-0.4, -0.2) is 56.4 Å². The summed E-state index contributed by atoms with van der Waals surface area (Å²) in [5.74, 6) is -1.89. The first-order valence-electron chi connectivity index (χ1n) is 11.4. The zero-order valence-corrected chi connectivity index (χ0v) is 20.2. The lowest BCUT2D eigenvalue weighted by Crippen LogP contribution is -2.54. The summed E-state index contributed by atoms with van der Waals surface area (Å²) >= 11 is 7.56. The highest BCUT2D eigenvalue weighted by Gasteiger charge is 2.74. The average molecular weight is 500 g/mol. The lowest BCUT2D eigenvalue weighted by molar-refractivity contribution is -0.140. The van der Waals surface area contributed by atoms with Crippen LogP contribution < -0.4 is 10.6 Å². The van der Waals surface area contributed by atoms with E-state index in [1.807, 2.05) is 30.3 Å². The first-order chi connectivity index (χ1) is 16.4. The summed E-state index contributed by atoms with van der Waals surface area (Å²) in [5, 5.41) is 16.3. The summed E-state index contributed by atoms with van der Waals surface area (Å²) in [7, 11) is 0. The van der Waals surface area contributed by atoms with Crippen molar-refractivity contribution >= 4 is 52.5 Å². The molecule has 3 aliphatic rings. The van der Waals surface area contributed by atoms with Gasteiger partial charge in [-0.15, -0.1) is 11.8 Å². The minimum Gasteiger partial charge on any atom is -0.394 e. The predicted molar refractivity (Wildman–Crippen MR) is 133 cm³/mol. The molecule has 2 unspecified atom stereocenters. The van der Waals surface area contributed by atoms with Gasteiger partial charge in [0.1, 0.15) is 6.04 Å². The molecule has 9 heteroatoms. The fourth-order valence-electron chi connectivity index (χ4n) is 5.74. The molecule has 3 heterocycles. The van der Waals surface area contributed by atoms with Gasteiger partial charge in [-0.3, -0.25) is 14.4 Å². The molecule has 2 aromatic carbocycles. The van der Waals surface area contributed by atoms with Crippen molar-refractivity contribution in [3.8, 4) is 0 Å². The first kappa shape index (κ1) is 23.2. The van der Waals surface area contributed by atoms with Gasteiger partial charge in [0.15, 0.2) is 0 Å². The van der Waals surface area contributed by atoms with E-state index in [0.717, 1.165) is 6.42 Å². The Labute approximate surface area is 207 Å². The highest BCUT2D eigenvalue weighted by molar-refractivity contribution is 8.02. The van der Waals surface area contributed by atoms with E-state index in [0.29, 0.717) is 22.8 Å². The van der Waals surface area contributed by atoms with Crippen LogP contribution in [-0.2, 0) is 14.4 Å². The van der Waals surface area contributed by atoms with Crippen LogP contribution in [0.1, 0.15) is 19.8 Å². The van der Waals surface area contributed by atoms with Crippen molar-refractivity contribution in [3.05, 3.63) is 59.6 Å². The minimum atomic E-state index is -0.785. The van der Waals surface area contributed by atoms with Gasteiger partial charge in [-0.1, -0.05) is 29.8 Å². The SMILES string of the molecule is C[C@H](CO)N1C(=O)[C@@H]2[C@@H](C(=O)Nc3ccccc3)[C@H]3CCC2(S3)C1C(=O)Nc1ccc(Cl)cc1. The van der Waals surface area contributed by atoms with E-state index in [2.05, 4.69) is 10.6 Å². The molecule has 2 aromatic rings. The molecule has 3 saturated heterocycles. The molecule has 3 amide bonds. The number of para-hydroxylation sites is 1. The second kappa shape index (κ2) is 8.91.